The first-order chi connectivity index (χ1) is 19.0. The van der Waals surface area contributed by atoms with E-state index in [2.05, 4.69) is 35.5 Å². The monoisotopic (exact) mass is 551 g/mol. The zero-order chi connectivity index (χ0) is 27.1. The van der Waals surface area contributed by atoms with Gasteiger partial charge in [-0.3, -0.25) is 4.90 Å². The van der Waals surface area contributed by atoms with Gasteiger partial charge in [0.15, 0.2) is 11.5 Å². The zero-order valence-electron chi connectivity index (χ0n) is 21.5. The van der Waals surface area contributed by atoms with E-state index in [-0.39, 0.29) is 6.09 Å². The van der Waals surface area contributed by atoms with Crippen molar-refractivity contribution in [2.75, 3.05) is 61.9 Å². The van der Waals surface area contributed by atoms with Crippen LogP contribution in [0.15, 0.2) is 18.3 Å². The summed E-state index contributed by atoms with van der Waals surface area (Å²) in [7, 11) is 1.41. The van der Waals surface area contributed by atoms with Crippen LogP contribution < -0.4 is 15.5 Å². The third-order valence-corrected chi connectivity index (χ3v) is 7.81. The maximum Gasteiger partial charge on any atom is 0.409 e. The molecule has 0 spiro atoms. The van der Waals surface area contributed by atoms with Crippen LogP contribution in [0.25, 0.3) is 5.65 Å². The van der Waals surface area contributed by atoms with Crippen LogP contribution in [0.5, 0.6) is 0 Å². The number of nitrogens with zero attached hydrogens (tertiary/aromatic N) is 7. The van der Waals surface area contributed by atoms with Gasteiger partial charge in [-0.1, -0.05) is 11.6 Å². The van der Waals surface area contributed by atoms with Crippen LogP contribution in [-0.2, 0) is 4.74 Å². The van der Waals surface area contributed by atoms with E-state index in [9.17, 15) is 4.79 Å². The highest BCUT2D eigenvalue weighted by Crippen LogP contribution is 2.37. The Balaban J connectivity index is 1.22. The van der Waals surface area contributed by atoms with Crippen LogP contribution in [0, 0.1) is 10.8 Å². The predicted molar refractivity (Wildman–Crippen MR) is 149 cm³/mol. The second-order valence-corrected chi connectivity index (χ2v) is 10.4. The highest BCUT2D eigenvalue weighted by Gasteiger charge is 2.37. The molecule has 1 aliphatic carbocycles. The number of halogens is 1. The predicted octanol–water partition coefficient (Wildman–Crippen LogP) is 2.66. The molecule has 2 aromatic heterocycles. The maximum atomic E-state index is 11.7. The van der Waals surface area contributed by atoms with Crippen molar-refractivity contribution in [3.05, 3.63) is 34.6 Å². The molecule has 4 N–H and O–H groups in total. The van der Waals surface area contributed by atoms with Crippen molar-refractivity contribution in [2.45, 2.75) is 24.9 Å². The number of imidazole rings is 1. The molecule has 3 aliphatic rings. The first-order valence-corrected chi connectivity index (χ1v) is 13.3. The van der Waals surface area contributed by atoms with Crippen LogP contribution in [0.1, 0.15) is 24.1 Å². The number of fused-ring (bicyclic) bond motifs is 1. The van der Waals surface area contributed by atoms with Crippen LogP contribution in [0.4, 0.5) is 27.9 Å². The van der Waals surface area contributed by atoms with Gasteiger partial charge < -0.3 is 36.0 Å². The fourth-order valence-electron chi connectivity index (χ4n) is 5.02. The van der Waals surface area contributed by atoms with E-state index in [1.165, 1.54) is 19.5 Å². The number of carbonyl (C=O) groups is 1. The van der Waals surface area contributed by atoms with Crippen molar-refractivity contribution in [3.8, 4) is 0 Å². The first kappa shape index (κ1) is 25.3. The molecule has 0 radical (unpaired) electrons. The Hall–Kier alpha value is -3.97. The quantitative estimate of drug-likeness (QED) is 0.310. The van der Waals surface area contributed by atoms with E-state index in [1.807, 2.05) is 6.07 Å². The Bertz CT molecular complexity index is 1430. The van der Waals surface area contributed by atoms with E-state index < -0.39 is 0 Å². The molecule has 1 amide bonds. The minimum atomic E-state index is -0.277. The highest BCUT2D eigenvalue weighted by atomic mass is 35.5. The number of amides is 1. The molecule has 0 unspecified atom stereocenters. The van der Waals surface area contributed by atoms with Gasteiger partial charge in [0.05, 0.1) is 29.7 Å². The van der Waals surface area contributed by atoms with Gasteiger partial charge in [-0.15, -0.1) is 5.10 Å². The fraction of sp³-hybridized carbons (Fsp3) is 0.440. The molecule has 2 aliphatic heterocycles. The van der Waals surface area contributed by atoms with Gasteiger partial charge in [-0.25, -0.2) is 14.3 Å². The van der Waals surface area contributed by atoms with Crippen LogP contribution in [0.3, 0.4) is 0 Å². The Morgan fingerprint density at radius 1 is 1.15 bits per heavy atom. The molecule has 39 heavy (non-hydrogen) atoms. The lowest BCUT2D eigenvalue weighted by atomic mass is 10.1. The summed E-state index contributed by atoms with van der Waals surface area (Å²) in [5, 5.41) is 27.4. The fourth-order valence-corrected chi connectivity index (χ4v) is 5.29. The molecule has 14 heteroatoms. The Labute approximate surface area is 230 Å². The van der Waals surface area contributed by atoms with Gasteiger partial charge in [-0.2, -0.15) is 4.98 Å². The molecule has 6 rings (SSSR count). The lowest BCUT2D eigenvalue weighted by Crippen LogP contribution is -2.64. The van der Waals surface area contributed by atoms with Crippen molar-refractivity contribution in [2.24, 2.45) is 0 Å². The first-order valence-electron chi connectivity index (χ1n) is 12.9. The number of benzene rings is 1. The van der Waals surface area contributed by atoms with Gasteiger partial charge in [-0.05, 0) is 30.5 Å². The molecule has 3 fully saturated rings. The van der Waals surface area contributed by atoms with Gasteiger partial charge in [0.1, 0.15) is 5.69 Å². The number of carbonyl (C=O) groups excluding carboxylic acids is 1. The van der Waals surface area contributed by atoms with Gasteiger partial charge >= 0.3 is 6.09 Å². The number of ether oxygens (including phenoxy) is 1. The normalized spacial score (nSPS) is 18.1. The van der Waals surface area contributed by atoms with E-state index in [0.29, 0.717) is 64.6 Å². The minimum absolute atomic E-state index is 0.277. The third kappa shape index (κ3) is 4.94. The lowest BCUT2D eigenvalue weighted by Gasteiger charge is -2.47. The number of methoxy groups -OCH3 is 1. The topological polar surface area (TPSA) is 151 Å². The summed E-state index contributed by atoms with van der Waals surface area (Å²) < 4.78 is 6.39. The number of likely N-dealkylation sites (tertiary alicyclic amines) is 1. The molecule has 0 bridgehead atoms. The summed E-state index contributed by atoms with van der Waals surface area (Å²) in [5.74, 6) is 0.909. The van der Waals surface area contributed by atoms with Crippen molar-refractivity contribution in [3.63, 3.8) is 0 Å². The van der Waals surface area contributed by atoms with Crippen molar-refractivity contribution in [1.82, 2.24) is 29.4 Å². The zero-order valence-corrected chi connectivity index (χ0v) is 22.3. The SMILES string of the molecule is COC(=O)N1CC(N2CCN(c3cc(C=N)cc(Nc4nc(NC5CC5)c5ncc(C=N)n5n4)c3Cl)CC2)C1. The highest BCUT2D eigenvalue weighted by molar-refractivity contribution is 6.36. The summed E-state index contributed by atoms with van der Waals surface area (Å²) in [4.78, 5) is 27.1. The van der Waals surface area contributed by atoms with Gasteiger partial charge in [0, 0.05) is 63.8 Å². The molecule has 2 saturated heterocycles. The second kappa shape index (κ2) is 10.3. The van der Waals surface area contributed by atoms with Crippen molar-refractivity contribution < 1.29 is 9.53 Å². The summed E-state index contributed by atoms with van der Waals surface area (Å²) in [6.45, 7) is 4.59. The largest absolute Gasteiger partial charge is 0.453 e. The summed E-state index contributed by atoms with van der Waals surface area (Å²) in [5.41, 5.74) is 3.23. The molecule has 4 heterocycles. The Kier molecular flexibility index (Phi) is 6.69. The average Bonchev–Trinajstić information content (AvgIpc) is 3.65. The molecular weight excluding hydrogens is 522 g/mol. The molecule has 1 aromatic carbocycles. The Morgan fingerprint density at radius 3 is 2.59 bits per heavy atom. The molecular formula is C25H30ClN11O2. The maximum absolute atomic E-state index is 11.7. The van der Waals surface area contributed by atoms with Gasteiger partial charge in [0.2, 0.25) is 5.95 Å². The second-order valence-electron chi connectivity index (χ2n) is 9.99. The molecule has 0 atom stereocenters. The lowest BCUT2D eigenvalue weighted by molar-refractivity contribution is 0.0269. The molecule has 3 aromatic rings. The molecule has 1 saturated carbocycles. The van der Waals surface area contributed by atoms with E-state index >= 15 is 0 Å². The number of piperazine rings is 1. The number of hydrogen-bond donors (Lipinski definition) is 4. The van der Waals surface area contributed by atoms with Crippen LogP contribution in [0.2, 0.25) is 5.02 Å². The molecule has 204 valence electrons. The van der Waals surface area contributed by atoms with Crippen molar-refractivity contribution in [1.29, 1.82) is 10.8 Å². The van der Waals surface area contributed by atoms with E-state index in [1.54, 1.807) is 21.7 Å². The summed E-state index contributed by atoms with van der Waals surface area (Å²) in [6, 6.07) is 4.42. The standard InChI is InChI=1S/C25H30ClN11O2/c1-39-25(38)36-13-18(14-36)34-4-6-35(7-5-34)20-9-15(10-27)8-19(21(20)26)31-24-32-22(30-16-2-3-16)23-29-12-17(11-28)37(23)33-24/h8-12,16,18,27-28H,2-7,13-14H2,1H3,(H2,30,31,32,33). The average molecular weight is 552 g/mol. The number of hydrogen-bond acceptors (Lipinski definition) is 11. The van der Waals surface area contributed by atoms with Crippen LogP contribution >= 0.6 is 11.6 Å². The number of anilines is 4. The number of nitrogens with one attached hydrogen (secondary N) is 4. The smallest absolute Gasteiger partial charge is 0.409 e. The summed E-state index contributed by atoms with van der Waals surface area (Å²) in [6.07, 6.45) is 5.96. The van der Waals surface area contributed by atoms with E-state index in [4.69, 9.17) is 27.2 Å². The van der Waals surface area contributed by atoms with Crippen LogP contribution in [-0.4, -0.2) is 106 Å². The van der Waals surface area contributed by atoms with Gasteiger partial charge in [0.25, 0.3) is 0 Å². The number of rotatable bonds is 8. The van der Waals surface area contributed by atoms with E-state index in [0.717, 1.165) is 44.7 Å². The third-order valence-electron chi connectivity index (χ3n) is 7.41. The van der Waals surface area contributed by atoms with Crippen molar-refractivity contribution >= 4 is 58.9 Å². The Morgan fingerprint density at radius 2 is 1.92 bits per heavy atom. The molecule has 13 nitrogen and oxygen atoms in total. The summed E-state index contributed by atoms with van der Waals surface area (Å²) >= 11 is 6.94. The minimum Gasteiger partial charge on any atom is -0.453 e. The number of aromatic nitrogens is 4.